The maximum Gasteiger partial charge on any atom is 0.261 e. The van der Waals surface area contributed by atoms with E-state index in [1.807, 2.05) is 63.5 Å². The molecule has 0 bridgehead atoms. The summed E-state index contributed by atoms with van der Waals surface area (Å²) in [4.78, 5) is 21.9. The highest BCUT2D eigenvalue weighted by molar-refractivity contribution is 9.10. The van der Waals surface area contributed by atoms with Crippen LogP contribution < -0.4 is 9.64 Å². The van der Waals surface area contributed by atoms with Crippen LogP contribution in [0, 0.1) is 0 Å². The van der Waals surface area contributed by atoms with Gasteiger partial charge >= 0.3 is 0 Å². The number of thiazole rings is 1. The van der Waals surface area contributed by atoms with Crippen LogP contribution in [0.15, 0.2) is 46.9 Å². The molecule has 0 N–H and O–H groups in total. The number of anilines is 1. The summed E-state index contributed by atoms with van der Waals surface area (Å²) in [7, 11) is 4.07. The summed E-state index contributed by atoms with van der Waals surface area (Å²) in [6.45, 7) is 4.09. The molecule has 1 amide bonds. The Labute approximate surface area is 190 Å². The number of halogens is 2. The number of rotatable bonds is 8. The van der Waals surface area contributed by atoms with Crippen LogP contribution >= 0.6 is 39.7 Å². The number of hydrogen-bond donors (Lipinski definition) is 0. The first-order valence-electron chi connectivity index (χ1n) is 9.24. The first-order valence-corrected chi connectivity index (χ1v) is 10.8. The van der Waals surface area contributed by atoms with E-state index in [1.165, 1.54) is 11.3 Å². The fourth-order valence-electron chi connectivity index (χ4n) is 2.87. The number of fused-ring (bicyclic) bond motifs is 1. The van der Waals surface area contributed by atoms with E-state index >= 15 is 0 Å². The summed E-state index contributed by atoms with van der Waals surface area (Å²) < 4.78 is 7.40. The maximum absolute atomic E-state index is 13.3. The normalized spacial score (nSPS) is 10.8. The van der Waals surface area contributed by atoms with Crippen LogP contribution in [0.2, 0.25) is 0 Å². The molecule has 8 heteroatoms. The Kier molecular flexibility index (Phi) is 8.89. The molecule has 2 aromatic carbocycles. The molecule has 5 nitrogen and oxygen atoms in total. The maximum atomic E-state index is 13.3. The van der Waals surface area contributed by atoms with Crippen molar-refractivity contribution in [3.8, 4) is 5.75 Å². The van der Waals surface area contributed by atoms with Crippen molar-refractivity contribution in [1.82, 2.24) is 9.88 Å². The highest BCUT2D eigenvalue weighted by Crippen LogP contribution is 2.33. The molecule has 0 saturated heterocycles. The van der Waals surface area contributed by atoms with Crippen LogP contribution in [-0.4, -0.2) is 49.6 Å². The Morgan fingerprint density at radius 2 is 1.93 bits per heavy atom. The van der Waals surface area contributed by atoms with Gasteiger partial charge in [0.25, 0.3) is 5.91 Å². The van der Waals surface area contributed by atoms with Gasteiger partial charge in [-0.25, -0.2) is 4.98 Å². The van der Waals surface area contributed by atoms with Crippen molar-refractivity contribution < 1.29 is 9.53 Å². The molecule has 1 aromatic heterocycles. The van der Waals surface area contributed by atoms with Crippen molar-refractivity contribution >= 4 is 60.9 Å². The lowest BCUT2D eigenvalue weighted by molar-refractivity contribution is 0.0985. The lowest BCUT2D eigenvalue weighted by Gasteiger charge is -2.21. The summed E-state index contributed by atoms with van der Waals surface area (Å²) in [6.07, 6.45) is 0.864. The van der Waals surface area contributed by atoms with Gasteiger partial charge in [-0.05, 0) is 80.2 Å². The molecule has 0 saturated carbocycles. The Balaban J connectivity index is 0.00000300. The minimum absolute atomic E-state index is 0. The number of nitrogens with zero attached hydrogens (tertiary/aromatic N) is 3. The molecule has 0 aliphatic rings. The van der Waals surface area contributed by atoms with Gasteiger partial charge in [0.15, 0.2) is 5.13 Å². The lowest BCUT2D eigenvalue weighted by Crippen LogP contribution is -2.33. The first-order chi connectivity index (χ1) is 13.5. The SMILES string of the molecule is CCOc1ccc2nc(N(CCCN(C)C)C(=O)c3ccccc3Br)sc2c1.Cl. The zero-order chi connectivity index (χ0) is 20.1. The zero-order valence-electron chi connectivity index (χ0n) is 16.7. The Morgan fingerprint density at radius 1 is 1.17 bits per heavy atom. The molecule has 0 fully saturated rings. The monoisotopic (exact) mass is 497 g/mol. The summed E-state index contributed by atoms with van der Waals surface area (Å²) in [6, 6.07) is 13.4. The van der Waals surface area contributed by atoms with Crippen molar-refractivity contribution in [2.75, 3.05) is 38.7 Å². The minimum atomic E-state index is -0.0460. The Bertz CT molecular complexity index is 964. The fourth-order valence-corrected chi connectivity index (χ4v) is 4.35. The number of aromatic nitrogens is 1. The summed E-state index contributed by atoms with van der Waals surface area (Å²) in [5.74, 6) is 0.775. The van der Waals surface area contributed by atoms with E-state index < -0.39 is 0 Å². The van der Waals surface area contributed by atoms with Crippen LogP contribution in [0.1, 0.15) is 23.7 Å². The molecule has 0 spiro atoms. The molecule has 0 aliphatic heterocycles. The number of hydrogen-bond acceptors (Lipinski definition) is 5. The van der Waals surface area contributed by atoms with E-state index in [0.29, 0.717) is 23.8 Å². The molecule has 29 heavy (non-hydrogen) atoms. The molecular formula is C21H25BrClN3O2S. The molecule has 0 radical (unpaired) electrons. The number of amides is 1. The van der Waals surface area contributed by atoms with Crippen molar-refractivity contribution in [2.45, 2.75) is 13.3 Å². The van der Waals surface area contributed by atoms with Crippen molar-refractivity contribution in [3.63, 3.8) is 0 Å². The van der Waals surface area contributed by atoms with Gasteiger partial charge in [-0.3, -0.25) is 9.69 Å². The predicted octanol–water partition coefficient (Wildman–Crippen LogP) is 5.48. The summed E-state index contributed by atoms with van der Waals surface area (Å²) in [5, 5.41) is 0.711. The quantitative estimate of drug-likeness (QED) is 0.413. The van der Waals surface area contributed by atoms with Gasteiger partial charge in [0.05, 0.1) is 22.4 Å². The lowest BCUT2D eigenvalue weighted by atomic mass is 10.2. The van der Waals surface area contributed by atoms with Gasteiger partial charge in [-0.2, -0.15) is 0 Å². The Hall–Kier alpha value is -1.67. The van der Waals surface area contributed by atoms with Crippen LogP contribution in [0.25, 0.3) is 10.2 Å². The highest BCUT2D eigenvalue weighted by atomic mass is 79.9. The van der Waals surface area contributed by atoms with Gasteiger partial charge in [-0.15, -0.1) is 12.4 Å². The molecule has 156 valence electrons. The second-order valence-corrected chi connectivity index (χ2v) is 8.52. The smallest absolute Gasteiger partial charge is 0.261 e. The first kappa shape index (κ1) is 23.6. The van der Waals surface area contributed by atoms with E-state index in [-0.39, 0.29) is 18.3 Å². The Morgan fingerprint density at radius 3 is 2.62 bits per heavy atom. The van der Waals surface area contributed by atoms with Gasteiger partial charge < -0.3 is 9.64 Å². The largest absolute Gasteiger partial charge is 0.494 e. The molecule has 3 aromatic rings. The van der Waals surface area contributed by atoms with Crippen LogP contribution in [0.3, 0.4) is 0 Å². The standard InChI is InChI=1S/C21H24BrN3O2S.ClH/c1-4-27-15-10-11-18-19(14-15)28-21(23-18)25(13-7-12-24(2)3)20(26)16-8-5-6-9-17(16)22;/h5-6,8-11,14H,4,7,12-13H2,1-3H3;1H. The number of carbonyl (C=O) groups is 1. The van der Waals surface area contributed by atoms with E-state index in [4.69, 9.17) is 9.72 Å². The average molecular weight is 499 g/mol. The molecule has 0 aliphatic carbocycles. The minimum Gasteiger partial charge on any atom is -0.494 e. The van der Waals surface area contributed by atoms with Crippen molar-refractivity contribution in [3.05, 3.63) is 52.5 Å². The number of benzene rings is 2. The molecule has 3 rings (SSSR count). The van der Waals surface area contributed by atoms with Crippen LogP contribution in [-0.2, 0) is 0 Å². The predicted molar refractivity (Wildman–Crippen MR) is 127 cm³/mol. The van der Waals surface area contributed by atoms with Crippen LogP contribution in [0.4, 0.5) is 5.13 Å². The molecule has 0 atom stereocenters. The summed E-state index contributed by atoms with van der Waals surface area (Å²) >= 11 is 5.02. The average Bonchev–Trinajstić information content (AvgIpc) is 3.08. The van der Waals surface area contributed by atoms with E-state index in [2.05, 4.69) is 20.8 Å². The number of carbonyl (C=O) groups excluding carboxylic acids is 1. The second-order valence-electron chi connectivity index (χ2n) is 6.65. The third kappa shape index (κ3) is 5.92. The zero-order valence-corrected chi connectivity index (χ0v) is 19.9. The van der Waals surface area contributed by atoms with Gasteiger partial charge in [0, 0.05) is 11.0 Å². The van der Waals surface area contributed by atoms with E-state index in [0.717, 1.165) is 33.4 Å². The van der Waals surface area contributed by atoms with Crippen molar-refractivity contribution in [2.24, 2.45) is 0 Å². The van der Waals surface area contributed by atoms with Gasteiger partial charge in [-0.1, -0.05) is 23.5 Å². The van der Waals surface area contributed by atoms with E-state index in [1.54, 1.807) is 4.90 Å². The van der Waals surface area contributed by atoms with Gasteiger partial charge in [0.2, 0.25) is 0 Å². The van der Waals surface area contributed by atoms with Gasteiger partial charge in [0.1, 0.15) is 5.75 Å². The fraction of sp³-hybridized carbons (Fsp3) is 0.333. The summed E-state index contributed by atoms with van der Waals surface area (Å²) in [5.41, 5.74) is 1.52. The van der Waals surface area contributed by atoms with E-state index in [9.17, 15) is 4.79 Å². The van der Waals surface area contributed by atoms with Crippen LogP contribution in [0.5, 0.6) is 5.75 Å². The highest BCUT2D eigenvalue weighted by Gasteiger charge is 2.22. The topological polar surface area (TPSA) is 45.7 Å². The second kappa shape index (κ2) is 10.9. The third-order valence-electron chi connectivity index (χ3n) is 4.23. The molecule has 0 unspecified atom stereocenters. The van der Waals surface area contributed by atoms with Crippen molar-refractivity contribution in [1.29, 1.82) is 0 Å². The molecule has 1 heterocycles. The third-order valence-corrected chi connectivity index (χ3v) is 5.96. The molecular weight excluding hydrogens is 474 g/mol. The number of ether oxygens (including phenoxy) is 1.